The number of piperazine rings is 1. The molecular formula is C15H26N2O2S. The molecule has 114 valence electrons. The van der Waals surface area contributed by atoms with Gasteiger partial charge in [-0.3, -0.25) is 9.59 Å². The van der Waals surface area contributed by atoms with E-state index in [2.05, 4.69) is 18.5 Å². The van der Waals surface area contributed by atoms with Gasteiger partial charge in [0.1, 0.15) is 12.1 Å². The Balaban J connectivity index is 2.18. The lowest BCUT2D eigenvalue weighted by atomic mass is 9.93. The number of nitrogens with zero attached hydrogens (tertiary/aromatic N) is 1. The Hall–Kier alpha value is -0.710. The first-order valence-electron chi connectivity index (χ1n) is 7.58. The van der Waals surface area contributed by atoms with E-state index in [1.165, 1.54) is 0 Å². The lowest BCUT2D eigenvalue weighted by Crippen LogP contribution is -2.67. The molecule has 1 saturated heterocycles. The van der Waals surface area contributed by atoms with Crippen molar-refractivity contribution >= 4 is 23.6 Å². The SMILES string of the molecule is CSCCC(C)N1C(=O)C(C2CC2)NC(=O)C1C(C)C. The van der Waals surface area contributed by atoms with Crippen molar-refractivity contribution in [1.82, 2.24) is 10.2 Å². The Kier molecular flexibility index (Phi) is 4.99. The largest absolute Gasteiger partial charge is 0.342 e. The van der Waals surface area contributed by atoms with Crippen LogP contribution in [0.25, 0.3) is 0 Å². The van der Waals surface area contributed by atoms with E-state index in [9.17, 15) is 9.59 Å². The molecule has 1 saturated carbocycles. The first kappa shape index (κ1) is 15.7. The summed E-state index contributed by atoms with van der Waals surface area (Å²) in [5.74, 6) is 1.71. The highest BCUT2D eigenvalue weighted by Crippen LogP contribution is 2.36. The molecule has 0 aromatic rings. The highest BCUT2D eigenvalue weighted by Gasteiger charge is 2.48. The zero-order valence-electron chi connectivity index (χ0n) is 12.9. The van der Waals surface area contributed by atoms with Gasteiger partial charge in [-0.05, 0) is 50.0 Å². The average molecular weight is 298 g/mol. The molecule has 3 atom stereocenters. The van der Waals surface area contributed by atoms with Gasteiger partial charge >= 0.3 is 0 Å². The van der Waals surface area contributed by atoms with Crippen LogP contribution in [-0.4, -0.2) is 46.8 Å². The second-order valence-electron chi connectivity index (χ2n) is 6.39. The van der Waals surface area contributed by atoms with Gasteiger partial charge in [-0.2, -0.15) is 11.8 Å². The Morgan fingerprint density at radius 2 is 1.95 bits per heavy atom. The van der Waals surface area contributed by atoms with E-state index in [0.717, 1.165) is 25.0 Å². The van der Waals surface area contributed by atoms with Crippen molar-refractivity contribution in [3.63, 3.8) is 0 Å². The third kappa shape index (κ3) is 3.13. The maximum atomic E-state index is 12.8. The molecule has 3 unspecified atom stereocenters. The van der Waals surface area contributed by atoms with Gasteiger partial charge in [0.25, 0.3) is 0 Å². The third-order valence-corrected chi connectivity index (χ3v) is 4.97. The molecule has 4 nitrogen and oxygen atoms in total. The minimum atomic E-state index is -0.311. The molecule has 0 aromatic heterocycles. The monoisotopic (exact) mass is 298 g/mol. The Labute approximate surface area is 126 Å². The van der Waals surface area contributed by atoms with Crippen molar-refractivity contribution in [3.05, 3.63) is 0 Å². The van der Waals surface area contributed by atoms with Crippen LogP contribution in [0.15, 0.2) is 0 Å². The third-order valence-electron chi connectivity index (χ3n) is 4.33. The van der Waals surface area contributed by atoms with Crippen LogP contribution in [0.1, 0.15) is 40.0 Å². The molecule has 0 radical (unpaired) electrons. The van der Waals surface area contributed by atoms with Gasteiger partial charge in [-0.15, -0.1) is 0 Å². The summed E-state index contributed by atoms with van der Waals surface area (Å²) in [4.78, 5) is 27.1. The quantitative estimate of drug-likeness (QED) is 0.814. The van der Waals surface area contributed by atoms with E-state index < -0.39 is 0 Å². The topological polar surface area (TPSA) is 49.4 Å². The predicted molar refractivity (Wildman–Crippen MR) is 82.6 cm³/mol. The van der Waals surface area contributed by atoms with Gasteiger partial charge in [0.05, 0.1) is 0 Å². The lowest BCUT2D eigenvalue weighted by Gasteiger charge is -2.44. The van der Waals surface area contributed by atoms with E-state index in [4.69, 9.17) is 0 Å². The van der Waals surface area contributed by atoms with Crippen molar-refractivity contribution in [2.75, 3.05) is 12.0 Å². The Morgan fingerprint density at radius 3 is 2.45 bits per heavy atom. The second kappa shape index (κ2) is 6.37. The van der Waals surface area contributed by atoms with E-state index in [-0.39, 0.29) is 35.9 Å². The highest BCUT2D eigenvalue weighted by atomic mass is 32.2. The van der Waals surface area contributed by atoms with Gasteiger partial charge in [0, 0.05) is 6.04 Å². The van der Waals surface area contributed by atoms with Crippen LogP contribution in [-0.2, 0) is 9.59 Å². The van der Waals surface area contributed by atoms with Crippen LogP contribution in [0.4, 0.5) is 0 Å². The van der Waals surface area contributed by atoms with Crippen molar-refractivity contribution < 1.29 is 9.59 Å². The first-order chi connectivity index (χ1) is 9.47. The zero-order chi connectivity index (χ0) is 14.9. The molecular weight excluding hydrogens is 272 g/mol. The molecule has 20 heavy (non-hydrogen) atoms. The molecule has 2 fully saturated rings. The van der Waals surface area contributed by atoms with E-state index >= 15 is 0 Å². The van der Waals surface area contributed by atoms with Gasteiger partial charge < -0.3 is 10.2 Å². The standard InChI is InChI=1S/C15H26N2O2S/c1-9(2)13-14(18)16-12(11-5-6-11)15(19)17(13)10(3)7-8-20-4/h9-13H,5-8H2,1-4H3,(H,16,18). The highest BCUT2D eigenvalue weighted by molar-refractivity contribution is 7.98. The summed E-state index contributed by atoms with van der Waals surface area (Å²) in [5.41, 5.74) is 0. The summed E-state index contributed by atoms with van der Waals surface area (Å²) in [6.45, 7) is 6.11. The fourth-order valence-corrected chi connectivity index (χ4v) is 3.59. The van der Waals surface area contributed by atoms with Gasteiger partial charge in [-0.1, -0.05) is 13.8 Å². The average Bonchev–Trinajstić information content (AvgIpc) is 3.21. The minimum absolute atomic E-state index is 0.0347. The number of thioether (sulfide) groups is 1. The summed E-state index contributed by atoms with van der Waals surface area (Å²) in [5, 5.41) is 2.97. The number of hydrogen-bond acceptors (Lipinski definition) is 3. The Morgan fingerprint density at radius 1 is 1.30 bits per heavy atom. The number of rotatable bonds is 6. The molecule has 2 aliphatic rings. The molecule has 2 rings (SSSR count). The lowest BCUT2D eigenvalue weighted by molar-refractivity contribution is -0.154. The van der Waals surface area contributed by atoms with Crippen molar-refractivity contribution in [1.29, 1.82) is 0 Å². The fourth-order valence-electron chi connectivity index (χ4n) is 3.02. The number of hydrogen-bond donors (Lipinski definition) is 1. The molecule has 0 aromatic carbocycles. The van der Waals surface area contributed by atoms with Crippen molar-refractivity contribution in [3.8, 4) is 0 Å². The summed E-state index contributed by atoms with van der Waals surface area (Å²) in [6, 6.07) is -0.446. The minimum Gasteiger partial charge on any atom is -0.342 e. The normalized spacial score (nSPS) is 28.8. The smallest absolute Gasteiger partial charge is 0.246 e. The summed E-state index contributed by atoms with van der Waals surface area (Å²) in [7, 11) is 0. The first-order valence-corrected chi connectivity index (χ1v) is 8.98. The van der Waals surface area contributed by atoms with E-state index in [1.54, 1.807) is 11.8 Å². The summed E-state index contributed by atoms with van der Waals surface area (Å²) >= 11 is 1.79. The van der Waals surface area contributed by atoms with Crippen molar-refractivity contribution in [2.45, 2.75) is 58.2 Å². The van der Waals surface area contributed by atoms with Crippen LogP contribution in [0, 0.1) is 11.8 Å². The molecule has 0 spiro atoms. The second-order valence-corrected chi connectivity index (χ2v) is 7.37. The van der Waals surface area contributed by atoms with E-state index in [0.29, 0.717) is 5.92 Å². The Bertz CT molecular complexity index is 382. The maximum absolute atomic E-state index is 12.8. The molecule has 1 heterocycles. The van der Waals surface area contributed by atoms with Crippen LogP contribution < -0.4 is 5.32 Å². The maximum Gasteiger partial charge on any atom is 0.246 e. The van der Waals surface area contributed by atoms with Gasteiger partial charge in [-0.25, -0.2) is 0 Å². The zero-order valence-corrected chi connectivity index (χ0v) is 13.7. The van der Waals surface area contributed by atoms with Crippen molar-refractivity contribution in [2.24, 2.45) is 11.8 Å². The van der Waals surface area contributed by atoms with Crippen LogP contribution in [0.2, 0.25) is 0 Å². The number of carbonyl (C=O) groups is 2. The summed E-state index contributed by atoms with van der Waals surface area (Å²) < 4.78 is 0. The van der Waals surface area contributed by atoms with Crippen LogP contribution in [0.5, 0.6) is 0 Å². The predicted octanol–water partition coefficient (Wildman–Crippen LogP) is 1.89. The van der Waals surface area contributed by atoms with Gasteiger partial charge in [0.2, 0.25) is 11.8 Å². The molecule has 0 bridgehead atoms. The summed E-state index contributed by atoms with van der Waals surface area (Å²) in [6.07, 6.45) is 5.15. The molecule has 5 heteroatoms. The van der Waals surface area contributed by atoms with Crippen LogP contribution >= 0.6 is 11.8 Å². The molecule has 1 aliphatic heterocycles. The van der Waals surface area contributed by atoms with Gasteiger partial charge in [0.15, 0.2) is 0 Å². The van der Waals surface area contributed by atoms with E-state index in [1.807, 2.05) is 18.7 Å². The molecule has 1 N–H and O–H groups in total. The number of nitrogens with one attached hydrogen (secondary N) is 1. The molecule has 1 aliphatic carbocycles. The molecule has 2 amide bonds. The number of carbonyl (C=O) groups excluding carboxylic acids is 2. The number of amides is 2. The fraction of sp³-hybridized carbons (Fsp3) is 0.867. The van der Waals surface area contributed by atoms with Crippen LogP contribution in [0.3, 0.4) is 0 Å².